The van der Waals surface area contributed by atoms with Gasteiger partial charge >= 0.3 is 0 Å². The van der Waals surface area contributed by atoms with E-state index in [0.717, 1.165) is 26.9 Å². The summed E-state index contributed by atoms with van der Waals surface area (Å²) in [6.45, 7) is 3.58. The number of anilines is 1. The normalized spacial score (nSPS) is 23.7. The Morgan fingerprint density at radius 2 is 1.59 bits per heavy atom. The highest BCUT2D eigenvalue weighted by Gasteiger charge is 2.71. The lowest BCUT2D eigenvalue weighted by molar-refractivity contribution is -0.118. The standard InChI is InChI=1S/C29H22BrNO3/c1-16-7-8-18-11-14-24-29(27(33)21-5-3-4-6-22(21)28(29)34)25(19-9-12-20(30)13-10-19)26(17(2)32)31(24)23(18)15-16/h3-15,24-26H,1-2H3/t24-,25-,26+/m1/s1. The fourth-order valence-corrected chi connectivity index (χ4v) is 6.53. The van der Waals surface area contributed by atoms with Crippen LogP contribution in [0.5, 0.6) is 0 Å². The highest BCUT2D eigenvalue weighted by atomic mass is 79.9. The highest BCUT2D eigenvalue weighted by Crippen LogP contribution is 2.60. The second-order valence-corrected chi connectivity index (χ2v) is 10.3. The van der Waals surface area contributed by atoms with Crippen LogP contribution in [-0.4, -0.2) is 29.4 Å². The smallest absolute Gasteiger partial charge is 0.180 e. The van der Waals surface area contributed by atoms with Crippen LogP contribution in [0.2, 0.25) is 0 Å². The molecule has 0 N–H and O–H groups in total. The molecule has 0 aromatic heterocycles. The van der Waals surface area contributed by atoms with Gasteiger partial charge in [-0.25, -0.2) is 0 Å². The number of rotatable bonds is 2. The number of benzene rings is 3. The summed E-state index contributed by atoms with van der Waals surface area (Å²) in [6, 6.07) is 19.6. The molecule has 3 aliphatic rings. The topological polar surface area (TPSA) is 54.5 Å². The van der Waals surface area contributed by atoms with Crippen molar-refractivity contribution in [3.05, 3.63) is 105 Å². The van der Waals surface area contributed by atoms with E-state index in [9.17, 15) is 14.4 Å². The number of carbonyl (C=O) groups excluding carboxylic acids is 3. The van der Waals surface area contributed by atoms with Crippen LogP contribution in [0.1, 0.15) is 50.2 Å². The van der Waals surface area contributed by atoms with Crippen molar-refractivity contribution < 1.29 is 14.4 Å². The van der Waals surface area contributed by atoms with Gasteiger partial charge in [-0.05, 0) is 48.7 Å². The van der Waals surface area contributed by atoms with Crippen molar-refractivity contribution >= 4 is 45.0 Å². The van der Waals surface area contributed by atoms with E-state index in [1.54, 1.807) is 31.2 Å². The van der Waals surface area contributed by atoms with Crippen molar-refractivity contribution in [2.75, 3.05) is 4.90 Å². The van der Waals surface area contributed by atoms with E-state index in [4.69, 9.17) is 0 Å². The summed E-state index contributed by atoms with van der Waals surface area (Å²) in [7, 11) is 0. The van der Waals surface area contributed by atoms with Crippen LogP contribution < -0.4 is 4.90 Å². The van der Waals surface area contributed by atoms with Crippen molar-refractivity contribution in [2.24, 2.45) is 5.41 Å². The van der Waals surface area contributed by atoms with Crippen LogP contribution in [0.25, 0.3) is 6.08 Å². The summed E-state index contributed by atoms with van der Waals surface area (Å²) in [5.41, 5.74) is 3.23. The average molecular weight is 512 g/mol. The lowest BCUT2D eigenvalue weighted by Gasteiger charge is -2.37. The number of fused-ring (bicyclic) bond motifs is 5. The number of hydrogen-bond acceptors (Lipinski definition) is 4. The molecule has 1 spiro atoms. The molecule has 0 amide bonds. The third-order valence-corrected chi connectivity index (χ3v) is 8.14. The first-order valence-electron chi connectivity index (χ1n) is 11.4. The van der Waals surface area contributed by atoms with Crippen molar-refractivity contribution in [1.29, 1.82) is 0 Å². The number of aryl methyl sites for hydroxylation is 1. The third kappa shape index (κ3) is 2.62. The Balaban J connectivity index is 1.69. The molecule has 3 aromatic rings. The van der Waals surface area contributed by atoms with Crippen LogP contribution in [0.15, 0.2) is 77.3 Å². The predicted octanol–water partition coefficient (Wildman–Crippen LogP) is 5.78. The maximum atomic E-state index is 14.3. The summed E-state index contributed by atoms with van der Waals surface area (Å²) >= 11 is 3.49. The molecule has 1 aliphatic carbocycles. The third-order valence-electron chi connectivity index (χ3n) is 7.61. The molecule has 3 atom stereocenters. The van der Waals surface area contributed by atoms with Gasteiger partial charge in [0.25, 0.3) is 0 Å². The van der Waals surface area contributed by atoms with Gasteiger partial charge in [0.2, 0.25) is 0 Å². The molecule has 2 aliphatic heterocycles. The molecule has 0 unspecified atom stereocenters. The van der Waals surface area contributed by atoms with Gasteiger partial charge in [-0.2, -0.15) is 0 Å². The van der Waals surface area contributed by atoms with Gasteiger partial charge in [0, 0.05) is 27.2 Å². The van der Waals surface area contributed by atoms with E-state index in [2.05, 4.69) is 22.0 Å². The first kappa shape index (κ1) is 21.2. The summed E-state index contributed by atoms with van der Waals surface area (Å²) in [5.74, 6) is -1.07. The largest absolute Gasteiger partial charge is 0.352 e. The summed E-state index contributed by atoms with van der Waals surface area (Å²) in [6.07, 6.45) is 3.94. The van der Waals surface area contributed by atoms with Crippen LogP contribution >= 0.6 is 15.9 Å². The maximum Gasteiger partial charge on any atom is 0.180 e. The van der Waals surface area contributed by atoms with Gasteiger partial charge in [0.15, 0.2) is 17.3 Å². The highest BCUT2D eigenvalue weighted by molar-refractivity contribution is 9.10. The summed E-state index contributed by atoms with van der Waals surface area (Å²) in [5, 5.41) is 0. The number of ketones is 3. The van der Waals surface area contributed by atoms with Crippen molar-refractivity contribution in [1.82, 2.24) is 0 Å². The van der Waals surface area contributed by atoms with E-state index in [1.165, 1.54) is 0 Å². The minimum atomic E-state index is -1.41. The monoisotopic (exact) mass is 511 g/mol. The lowest BCUT2D eigenvalue weighted by atomic mass is 9.64. The molecule has 0 saturated carbocycles. The Kier molecular flexibility index (Phi) is 4.59. The fraction of sp³-hybridized carbons (Fsp3) is 0.207. The molecule has 3 aromatic carbocycles. The Bertz CT molecular complexity index is 1390. The summed E-state index contributed by atoms with van der Waals surface area (Å²) in [4.78, 5) is 44.0. The number of hydrogen-bond donors (Lipinski definition) is 0. The molecule has 4 nitrogen and oxygen atoms in total. The zero-order valence-corrected chi connectivity index (χ0v) is 20.4. The number of halogens is 1. The first-order chi connectivity index (χ1) is 16.4. The van der Waals surface area contributed by atoms with E-state index < -0.39 is 23.4 Å². The second kappa shape index (κ2) is 7.34. The Labute approximate surface area is 206 Å². The van der Waals surface area contributed by atoms with Gasteiger partial charge in [-0.3, -0.25) is 14.4 Å². The molecule has 0 radical (unpaired) electrons. The van der Waals surface area contributed by atoms with Crippen molar-refractivity contribution in [2.45, 2.75) is 31.8 Å². The Morgan fingerprint density at radius 3 is 2.21 bits per heavy atom. The fourth-order valence-electron chi connectivity index (χ4n) is 6.27. The average Bonchev–Trinajstić information content (AvgIpc) is 3.27. The van der Waals surface area contributed by atoms with Gasteiger partial charge in [0.1, 0.15) is 5.41 Å². The van der Waals surface area contributed by atoms with Crippen LogP contribution in [-0.2, 0) is 4.79 Å². The minimum Gasteiger partial charge on any atom is -0.352 e. The zero-order chi connectivity index (χ0) is 23.8. The molecule has 34 heavy (non-hydrogen) atoms. The van der Waals surface area contributed by atoms with Crippen molar-refractivity contribution in [3.63, 3.8) is 0 Å². The SMILES string of the molecule is CC(=O)[C@H]1[C@@H](c2ccc(Br)cc2)C2(C(=O)c3ccccc3C2=O)[C@H]2C=Cc3ccc(C)cc3N12. The first-order valence-corrected chi connectivity index (χ1v) is 12.2. The predicted molar refractivity (Wildman–Crippen MR) is 135 cm³/mol. The van der Waals surface area contributed by atoms with E-state index in [-0.39, 0.29) is 17.3 Å². The zero-order valence-electron chi connectivity index (χ0n) is 18.8. The number of Topliss-reactive ketones (excluding diaryl/α,β-unsaturated/α-hetero) is 3. The molecule has 1 fully saturated rings. The Hall–Kier alpha value is -3.31. The molecule has 2 heterocycles. The molecule has 5 heteroatoms. The summed E-state index contributed by atoms with van der Waals surface area (Å²) < 4.78 is 0.897. The minimum absolute atomic E-state index is 0.0610. The van der Waals surface area contributed by atoms with E-state index in [1.807, 2.05) is 60.4 Å². The molecular weight excluding hydrogens is 490 g/mol. The van der Waals surface area contributed by atoms with E-state index in [0.29, 0.717) is 11.1 Å². The van der Waals surface area contributed by atoms with Crippen LogP contribution in [0, 0.1) is 12.3 Å². The molecule has 0 bridgehead atoms. The van der Waals surface area contributed by atoms with Crippen LogP contribution in [0.4, 0.5) is 5.69 Å². The molecule has 168 valence electrons. The van der Waals surface area contributed by atoms with Gasteiger partial charge in [-0.15, -0.1) is 0 Å². The second-order valence-electron chi connectivity index (χ2n) is 9.43. The molecule has 1 saturated heterocycles. The molecular formula is C29H22BrNO3. The molecule has 6 rings (SSSR count). The van der Waals surface area contributed by atoms with Gasteiger partial charge < -0.3 is 4.90 Å². The Morgan fingerprint density at radius 1 is 0.941 bits per heavy atom. The maximum absolute atomic E-state index is 14.3. The van der Waals surface area contributed by atoms with Crippen molar-refractivity contribution in [3.8, 4) is 0 Å². The number of carbonyl (C=O) groups is 3. The number of nitrogens with zero attached hydrogens (tertiary/aromatic N) is 1. The quantitative estimate of drug-likeness (QED) is 0.409. The lowest BCUT2D eigenvalue weighted by Crippen LogP contribution is -2.48. The van der Waals surface area contributed by atoms with Gasteiger partial charge in [0.05, 0.1) is 12.1 Å². The van der Waals surface area contributed by atoms with Gasteiger partial charge in [-0.1, -0.05) is 76.6 Å². The van der Waals surface area contributed by atoms with E-state index >= 15 is 0 Å². The van der Waals surface area contributed by atoms with Crippen LogP contribution in [0.3, 0.4) is 0 Å².